The number of aliphatic hydroxyl groups excluding tert-OH is 1. The molecule has 1 fully saturated rings. The molecule has 0 saturated heterocycles. The quantitative estimate of drug-likeness (QED) is 0.0491. The molecule has 0 aromatic carbocycles. The SMILES string of the molecule is CCCCCCCCC(CCCCCCCC)OC(=O)CCCCCCCNC(CCO)CCCCCCCC1CC1CCCCCCCC. The molecule has 0 aliphatic heterocycles. The number of aliphatic hydroxyl groups is 1. The first-order chi connectivity index (χ1) is 24.6. The monoisotopic (exact) mass is 706 g/mol. The average molecular weight is 706 g/mol. The summed E-state index contributed by atoms with van der Waals surface area (Å²) in [6.07, 6.45) is 46.1. The molecule has 4 nitrogen and oxygen atoms in total. The van der Waals surface area contributed by atoms with E-state index in [0.29, 0.717) is 12.5 Å². The molecule has 0 bridgehead atoms. The molecule has 0 spiro atoms. The summed E-state index contributed by atoms with van der Waals surface area (Å²) >= 11 is 0. The van der Waals surface area contributed by atoms with Crippen LogP contribution in [0.4, 0.5) is 0 Å². The van der Waals surface area contributed by atoms with Gasteiger partial charge in [-0.1, -0.05) is 188 Å². The number of esters is 1. The van der Waals surface area contributed by atoms with E-state index in [9.17, 15) is 9.90 Å². The summed E-state index contributed by atoms with van der Waals surface area (Å²) in [5, 5.41) is 13.3. The lowest BCUT2D eigenvalue weighted by molar-refractivity contribution is -0.150. The zero-order valence-electron chi connectivity index (χ0n) is 34.4. The van der Waals surface area contributed by atoms with Crippen molar-refractivity contribution in [1.29, 1.82) is 0 Å². The molecule has 50 heavy (non-hydrogen) atoms. The number of nitrogens with one attached hydrogen (secondary N) is 1. The predicted molar refractivity (Wildman–Crippen MR) is 219 cm³/mol. The Labute approximate surface area is 314 Å². The molecule has 0 heterocycles. The Hall–Kier alpha value is -0.610. The normalized spacial score (nSPS) is 16.3. The second kappa shape index (κ2) is 36.7. The Kier molecular flexibility index (Phi) is 34.8. The zero-order chi connectivity index (χ0) is 36.2. The number of rotatable bonds is 41. The van der Waals surface area contributed by atoms with Gasteiger partial charge in [0.1, 0.15) is 6.10 Å². The molecule has 0 amide bonds. The first-order valence-electron chi connectivity index (χ1n) is 23.2. The van der Waals surface area contributed by atoms with E-state index in [2.05, 4.69) is 26.1 Å². The smallest absolute Gasteiger partial charge is 0.306 e. The van der Waals surface area contributed by atoms with Crippen LogP contribution in [0.5, 0.6) is 0 Å². The number of hydrogen-bond donors (Lipinski definition) is 2. The van der Waals surface area contributed by atoms with Crippen LogP contribution >= 0.6 is 0 Å². The number of unbranched alkanes of at least 4 members (excludes halogenated alkanes) is 23. The maximum absolute atomic E-state index is 12.7. The highest BCUT2D eigenvalue weighted by Gasteiger charge is 2.35. The van der Waals surface area contributed by atoms with Crippen LogP contribution in [0.2, 0.25) is 0 Å². The van der Waals surface area contributed by atoms with Crippen molar-refractivity contribution < 1.29 is 14.6 Å². The minimum absolute atomic E-state index is 0.0378. The van der Waals surface area contributed by atoms with Crippen LogP contribution in [0.15, 0.2) is 0 Å². The summed E-state index contributed by atoms with van der Waals surface area (Å²) in [6, 6.07) is 0.463. The van der Waals surface area contributed by atoms with E-state index >= 15 is 0 Å². The molecule has 1 aliphatic rings. The van der Waals surface area contributed by atoms with Gasteiger partial charge in [-0.15, -0.1) is 0 Å². The summed E-state index contributed by atoms with van der Waals surface area (Å²) < 4.78 is 6.03. The minimum Gasteiger partial charge on any atom is -0.462 e. The van der Waals surface area contributed by atoms with E-state index in [0.717, 1.165) is 50.5 Å². The highest BCUT2D eigenvalue weighted by Crippen LogP contribution is 2.45. The molecule has 1 rings (SSSR count). The van der Waals surface area contributed by atoms with Crippen LogP contribution in [0.25, 0.3) is 0 Å². The van der Waals surface area contributed by atoms with Crippen molar-refractivity contribution >= 4 is 5.97 Å². The molecule has 298 valence electrons. The predicted octanol–water partition coefficient (Wildman–Crippen LogP) is 14.2. The van der Waals surface area contributed by atoms with Gasteiger partial charge in [-0.3, -0.25) is 4.79 Å². The fraction of sp³-hybridized carbons (Fsp3) is 0.978. The van der Waals surface area contributed by atoms with Gasteiger partial charge in [-0.2, -0.15) is 0 Å². The summed E-state index contributed by atoms with van der Waals surface area (Å²) in [6.45, 7) is 8.18. The molecule has 3 atom stereocenters. The molecular formula is C46H91NO3. The first kappa shape index (κ1) is 47.4. The van der Waals surface area contributed by atoms with Crippen LogP contribution in [-0.2, 0) is 9.53 Å². The van der Waals surface area contributed by atoms with Gasteiger partial charge in [-0.25, -0.2) is 0 Å². The van der Waals surface area contributed by atoms with Gasteiger partial charge in [0.15, 0.2) is 0 Å². The van der Waals surface area contributed by atoms with Crippen LogP contribution < -0.4 is 5.32 Å². The second-order valence-corrected chi connectivity index (χ2v) is 16.6. The third kappa shape index (κ3) is 31.0. The maximum atomic E-state index is 12.7. The van der Waals surface area contributed by atoms with Crippen molar-refractivity contribution in [2.24, 2.45) is 11.8 Å². The molecule has 1 saturated carbocycles. The van der Waals surface area contributed by atoms with Crippen LogP contribution in [0.3, 0.4) is 0 Å². The maximum Gasteiger partial charge on any atom is 0.306 e. The van der Waals surface area contributed by atoms with Gasteiger partial charge in [0, 0.05) is 19.1 Å². The number of hydrogen-bond acceptors (Lipinski definition) is 4. The molecule has 3 unspecified atom stereocenters. The van der Waals surface area contributed by atoms with E-state index in [1.807, 2.05) is 0 Å². The lowest BCUT2D eigenvalue weighted by Crippen LogP contribution is -2.30. The minimum atomic E-state index is 0.0378. The zero-order valence-corrected chi connectivity index (χ0v) is 34.4. The van der Waals surface area contributed by atoms with Gasteiger partial charge < -0.3 is 15.2 Å². The third-order valence-electron chi connectivity index (χ3n) is 11.7. The fourth-order valence-corrected chi connectivity index (χ4v) is 8.08. The van der Waals surface area contributed by atoms with Crippen LogP contribution in [0, 0.1) is 11.8 Å². The van der Waals surface area contributed by atoms with Crippen LogP contribution in [0.1, 0.15) is 252 Å². The molecule has 0 aromatic heterocycles. The lowest BCUT2D eigenvalue weighted by atomic mass is 10.0. The van der Waals surface area contributed by atoms with Crippen molar-refractivity contribution in [2.75, 3.05) is 13.2 Å². The van der Waals surface area contributed by atoms with E-state index in [4.69, 9.17) is 4.74 Å². The standard InChI is InChI=1S/C46H91NO3/c1-4-7-10-13-18-25-32-42-41-43(42)33-26-19-16-20-27-34-44(38-40-48)47-39-31-24-17-23-30-37-46(49)50-45(35-28-21-14-11-8-5-2)36-29-22-15-12-9-6-3/h42-45,47-48H,4-41H2,1-3H3. The van der Waals surface area contributed by atoms with E-state index in [1.54, 1.807) is 0 Å². The van der Waals surface area contributed by atoms with Crippen molar-refractivity contribution in [1.82, 2.24) is 5.32 Å². The van der Waals surface area contributed by atoms with E-state index in [1.165, 1.54) is 193 Å². The summed E-state index contributed by atoms with van der Waals surface area (Å²) in [4.78, 5) is 12.7. The summed E-state index contributed by atoms with van der Waals surface area (Å²) in [7, 11) is 0. The molecule has 4 heteroatoms. The fourth-order valence-electron chi connectivity index (χ4n) is 8.08. The highest BCUT2D eigenvalue weighted by molar-refractivity contribution is 5.69. The molecular weight excluding hydrogens is 615 g/mol. The highest BCUT2D eigenvalue weighted by atomic mass is 16.5. The summed E-state index contributed by atoms with van der Waals surface area (Å²) in [5.41, 5.74) is 0. The van der Waals surface area contributed by atoms with Gasteiger partial charge >= 0.3 is 5.97 Å². The summed E-state index contributed by atoms with van der Waals surface area (Å²) in [5.74, 6) is 2.18. The average Bonchev–Trinajstić information content (AvgIpc) is 3.87. The van der Waals surface area contributed by atoms with Gasteiger partial charge in [0.05, 0.1) is 0 Å². The number of carbonyl (C=O) groups is 1. The first-order valence-corrected chi connectivity index (χ1v) is 23.2. The Morgan fingerprint density at radius 2 is 0.960 bits per heavy atom. The van der Waals surface area contributed by atoms with Crippen LogP contribution in [-0.4, -0.2) is 36.4 Å². The number of ether oxygens (including phenoxy) is 1. The van der Waals surface area contributed by atoms with Crippen molar-refractivity contribution in [3.63, 3.8) is 0 Å². The van der Waals surface area contributed by atoms with Gasteiger partial charge in [0.25, 0.3) is 0 Å². The van der Waals surface area contributed by atoms with Crippen molar-refractivity contribution in [2.45, 2.75) is 264 Å². The van der Waals surface area contributed by atoms with E-state index in [-0.39, 0.29) is 18.7 Å². The molecule has 0 radical (unpaired) electrons. The largest absolute Gasteiger partial charge is 0.462 e. The third-order valence-corrected chi connectivity index (χ3v) is 11.7. The topological polar surface area (TPSA) is 58.6 Å². The lowest BCUT2D eigenvalue weighted by Gasteiger charge is -2.18. The second-order valence-electron chi connectivity index (χ2n) is 16.6. The van der Waals surface area contributed by atoms with Crippen molar-refractivity contribution in [3.8, 4) is 0 Å². The van der Waals surface area contributed by atoms with Crippen molar-refractivity contribution in [3.05, 3.63) is 0 Å². The van der Waals surface area contributed by atoms with Gasteiger partial charge in [0.2, 0.25) is 0 Å². The Morgan fingerprint density at radius 3 is 1.46 bits per heavy atom. The molecule has 2 N–H and O–H groups in total. The Bertz CT molecular complexity index is 683. The molecule has 1 aliphatic carbocycles. The molecule has 0 aromatic rings. The van der Waals surface area contributed by atoms with Gasteiger partial charge in [-0.05, 0) is 76.2 Å². The van der Waals surface area contributed by atoms with E-state index < -0.39 is 0 Å². The number of carbonyl (C=O) groups excluding carboxylic acids is 1. The Balaban J connectivity index is 2.03. The Morgan fingerprint density at radius 1 is 0.540 bits per heavy atom.